The third-order valence-electron chi connectivity index (χ3n) is 2.74. The highest BCUT2D eigenvalue weighted by Crippen LogP contribution is 2.24. The molecule has 5 nitrogen and oxygen atoms in total. The van der Waals surface area contributed by atoms with E-state index in [2.05, 4.69) is 4.98 Å². The Labute approximate surface area is 116 Å². The summed E-state index contributed by atoms with van der Waals surface area (Å²) < 4.78 is 39.2. The maximum absolute atomic E-state index is 12.9. The number of anilines is 2. The second-order valence-corrected chi connectivity index (χ2v) is 5.92. The number of benzene rings is 1. The summed E-state index contributed by atoms with van der Waals surface area (Å²) in [6.07, 6.45) is 1.33. The standard InChI is InChI=1S/C13H14FN3O2S/c1-2-17(11-5-3-10(14)4-6-11)20(18,19)12-7-8-16-13(15)9-12/h3-9H,2H2,1H3,(H2,15,16). The fraction of sp³-hybridized carbons (Fsp3) is 0.154. The van der Waals surface area contributed by atoms with Crippen LogP contribution in [-0.4, -0.2) is 19.9 Å². The van der Waals surface area contributed by atoms with Crippen LogP contribution in [0.1, 0.15) is 6.92 Å². The fourth-order valence-corrected chi connectivity index (χ4v) is 3.31. The molecule has 0 bridgehead atoms. The first-order chi connectivity index (χ1) is 9.45. The van der Waals surface area contributed by atoms with Gasteiger partial charge in [-0.3, -0.25) is 4.31 Å². The fourth-order valence-electron chi connectivity index (χ4n) is 1.81. The predicted octanol–water partition coefficient (Wildman–Crippen LogP) is 2.02. The van der Waals surface area contributed by atoms with Gasteiger partial charge in [0.2, 0.25) is 0 Å². The summed E-state index contributed by atoms with van der Waals surface area (Å²) in [6.45, 7) is 1.92. The number of nitrogens with two attached hydrogens (primary N) is 1. The first-order valence-corrected chi connectivity index (χ1v) is 7.39. The largest absolute Gasteiger partial charge is 0.384 e. The minimum absolute atomic E-state index is 0.0520. The third-order valence-corrected chi connectivity index (χ3v) is 4.64. The van der Waals surface area contributed by atoms with Gasteiger partial charge < -0.3 is 5.73 Å². The molecule has 0 saturated heterocycles. The van der Waals surface area contributed by atoms with E-state index in [9.17, 15) is 12.8 Å². The van der Waals surface area contributed by atoms with Gasteiger partial charge in [-0.25, -0.2) is 17.8 Å². The number of rotatable bonds is 4. The van der Waals surface area contributed by atoms with Crippen LogP contribution < -0.4 is 10.0 Å². The average Bonchev–Trinajstić information content (AvgIpc) is 2.41. The SMILES string of the molecule is CCN(c1ccc(F)cc1)S(=O)(=O)c1ccnc(N)c1. The molecule has 0 aliphatic carbocycles. The van der Waals surface area contributed by atoms with Crippen LogP contribution in [0.5, 0.6) is 0 Å². The van der Waals surface area contributed by atoms with Gasteiger partial charge in [0.15, 0.2) is 0 Å². The molecule has 0 atom stereocenters. The normalized spacial score (nSPS) is 11.3. The molecule has 1 heterocycles. The summed E-state index contributed by atoms with van der Waals surface area (Å²) in [7, 11) is -3.75. The Morgan fingerprint density at radius 3 is 2.45 bits per heavy atom. The second kappa shape index (κ2) is 5.46. The van der Waals surface area contributed by atoms with Crippen molar-refractivity contribution in [1.29, 1.82) is 0 Å². The average molecular weight is 295 g/mol. The summed E-state index contributed by atoms with van der Waals surface area (Å²) in [5.41, 5.74) is 5.90. The van der Waals surface area contributed by atoms with Crippen LogP contribution in [0.25, 0.3) is 0 Å². The lowest BCUT2D eigenvalue weighted by Crippen LogP contribution is -2.30. The molecule has 2 aromatic rings. The number of sulfonamides is 1. The van der Waals surface area contributed by atoms with Gasteiger partial charge in [0.1, 0.15) is 11.6 Å². The third kappa shape index (κ3) is 2.72. The van der Waals surface area contributed by atoms with Crippen molar-refractivity contribution in [3.8, 4) is 0 Å². The summed E-state index contributed by atoms with van der Waals surface area (Å²) >= 11 is 0. The molecular formula is C13H14FN3O2S. The minimum atomic E-state index is -3.75. The Morgan fingerprint density at radius 2 is 1.90 bits per heavy atom. The van der Waals surface area contributed by atoms with Crippen molar-refractivity contribution in [2.24, 2.45) is 0 Å². The Balaban J connectivity index is 2.47. The van der Waals surface area contributed by atoms with Crippen LogP contribution in [0, 0.1) is 5.82 Å². The maximum atomic E-state index is 12.9. The predicted molar refractivity (Wildman–Crippen MR) is 75.3 cm³/mol. The van der Waals surface area contributed by atoms with Crippen molar-refractivity contribution in [3.05, 3.63) is 48.4 Å². The Hall–Kier alpha value is -2.15. The molecule has 0 saturated carbocycles. The van der Waals surface area contributed by atoms with Gasteiger partial charge in [-0.05, 0) is 37.3 Å². The number of nitrogen functional groups attached to an aromatic ring is 1. The lowest BCUT2D eigenvalue weighted by molar-refractivity contribution is 0.591. The first-order valence-electron chi connectivity index (χ1n) is 5.95. The Bertz CT molecular complexity index is 702. The van der Waals surface area contributed by atoms with E-state index < -0.39 is 15.8 Å². The first kappa shape index (κ1) is 14.3. The molecule has 1 aromatic carbocycles. The molecule has 0 fully saturated rings. The molecule has 7 heteroatoms. The number of hydrogen-bond acceptors (Lipinski definition) is 4. The highest BCUT2D eigenvalue weighted by molar-refractivity contribution is 7.92. The highest BCUT2D eigenvalue weighted by Gasteiger charge is 2.23. The van der Waals surface area contributed by atoms with E-state index in [1.807, 2.05) is 0 Å². The lowest BCUT2D eigenvalue weighted by atomic mass is 10.3. The number of nitrogens with zero attached hydrogens (tertiary/aromatic N) is 2. The Kier molecular flexibility index (Phi) is 3.89. The van der Waals surface area contributed by atoms with Crippen molar-refractivity contribution >= 4 is 21.5 Å². The summed E-state index contributed by atoms with van der Waals surface area (Å²) in [5, 5.41) is 0. The number of halogens is 1. The van der Waals surface area contributed by atoms with Crippen molar-refractivity contribution in [2.75, 3.05) is 16.6 Å². The zero-order valence-electron chi connectivity index (χ0n) is 10.8. The topological polar surface area (TPSA) is 76.3 Å². The van der Waals surface area contributed by atoms with Crippen LogP contribution in [0.15, 0.2) is 47.5 Å². The van der Waals surface area contributed by atoms with Gasteiger partial charge in [0.05, 0.1) is 10.6 Å². The van der Waals surface area contributed by atoms with E-state index in [0.29, 0.717) is 5.69 Å². The van der Waals surface area contributed by atoms with Crippen molar-refractivity contribution in [1.82, 2.24) is 4.98 Å². The Morgan fingerprint density at radius 1 is 1.25 bits per heavy atom. The van der Waals surface area contributed by atoms with Crippen LogP contribution in [0.2, 0.25) is 0 Å². The van der Waals surface area contributed by atoms with Gasteiger partial charge in [0, 0.05) is 18.8 Å². The molecule has 0 amide bonds. The van der Waals surface area contributed by atoms with E-state index in [4.69, 9.17) is 5.73 Å². The van der Waals surface area contributed by atoms with E-state index in [0.717, 1.165) is 0 Å². The minimum Gasteiger partial charge on any atom is -0.384 e. The van der Waals surface area contributed by atoms with Gasteiger partial charge in [-0.15, -0.1) is 0 Å². The van der Waals surface area contributed by atoms with E-state index >= 15 is 0 Å². The molecule has 106 valence electrons. The molecular weight excluding hydrogens is 281 g/mol. The summed E-state index contributed by atoms with van der Waals surface area (Å²) in [6, 6.07) is 7.93. The highest BCUT2D eigenvalue weighted by atomic mass is 32.2. The molecule has 1 aromatic heterocycles. The van der Waals surface area contributed by atoms with Gasteiger partial charge >= 0.3 is 0 Å². The van der Waals surface area contributed by atoms with Gasteiger partial charge in [-0.1, -0.05) is 0 Å². The molecule has 2 N–H and O–H groups in total. The molecule has 0 radical (unpaired) electrons. The summed E-state index contributed by atoms with van der Waals surface area (Å²) in [5.74, 6) is -0.295. The smallest absolute Gasteiger partial charge is 0.264 e. The molecule has 0 aliphatic heterocycles. The molecule has 0 aliphatic rings. The summed E-state index contributed by atoms with van der Waals surface area (Å²) in [4.78, 5) is 3.82. The van der Waals surface area contributed by atoms with Crippen LogP contribution >= 0.6 is 0 Å². The zero-order chi connectivity index (χ0) is 14.8. The number of aromatic nitrogens is 1. The van der Waals surface area contributed by atoms with Crippen LogP contribution in [-0.2, 0) is 10.0 Å². The van der Waals surface area contributed by atoms with Crippen LogP contribution in [0.3, 0.4) is 0 Å². The van der Waals surface area contributed by atoms with Crippen molar-refractivity contribution < 1.29 is 12.8 Å². The number of hydrogen-bond donors (Lipinski definition) is 1. The van der Waals surface area contributed by atoms with Gasteiger partial charge in [0.25, 0.3) is 10.0 Å². The molecule has 20 heavy (non-hydrogen) atoms. The second-order valence-electron chi connectivity index (χ2n) is 4.06. The van der Waals surface area contributed by atoms with E-state index in [1.165, 1.54) is 46.9 Å². The van der Waals surface area contributed by atoms with Crippen molar-refractivity contribution in [2.45, 2.75) is 11.8 Å². The molecule has 2 rings (SSSR count). The molecule has 0 spiro atoms. The zero-order valence-corrected chi connectivity index (χ0v) is 11.6. The van der Waals surface area contributed by atoms with Crippen molar-refractivity contribution in [3.63, 3.8) is 0 Å². The van der Waals surface area contributed by atoms with Gasteiger partial charge in [-0.2, -0.15) is 0 Å². The van der Waals surface area contributed by atoms with E-state index in [-0.39, 0.29) is 17.3 Å². The monoisotopic (exact) mass is 295 g/mol. The molecule has 0 unspecified atom stereocenters. The quantitative estimate of drug-likeness (QED) is 0.936. The van der Waals surface area contributed by atoms with E-state index in [1.54, 1.807) is 6.92 Å². The van der Waals surface area contributed by atoms with Crippen LogP contribution in [0.4, 0.5) is 15.9 Å². The number of pyridine rings is 1. The lowest BCUT2D eigenvalue weighted by Gasteiger charge is -2.22. The maximum Gasteiger partial charge on any atom is 0.264 e.